The van der Waals surface area contributed by atoms with Crippen LogP contribution in [0.2, 0.25) is 0 Å². The summed E-state index contributed by atoms with van der Waals surface area (Å²) in [6.45, 7) is 2.87. The van der Waals surface area contributed by atoms with Crippen molar-refractivity contribution in [3.8, 4) is 17.0 Å². The van der Waals surface area contributed by atoms with Crippen LogP contribution in [0.25, 0.3) is 16.9 Å². The average Bonchev–Trinajstić information content (AvgIpc) is 3.25. The van der Waals surface area contributed by atoms with Crippen LogP contribution in [0.1, 0.15) is 63.9 Å². The summed E-state index contributed by atoms with van der Waals surface area (Å²) in [5.41, 5.74) is 3.53. The van der Waals surface area contributed by atoms with E-state index in [1.165, 1.54) is 37.7 Å². The van der Waals surface area contributed by atoms with Crippen molar-refractivity contribution >= 4 is 33.4 Å². The van der Waals surface area contributed by atoms with Crippen LogP contribution in [0.4, 0.5) is 5.82 Å². The smallest absolute Gasteiger partial charge is 0.311 e. The number of aromatic nitrogens is 2. The average molecular weight is 549 g/mol. The van der Waals surface area contributed by atoms with Crippen molar-refractivity contribution in [2.75, 3.05) is 5.32 Å². The van der Waals surface area contributed by atoms with Crippen LogP contribution in [0.3, 0.4) is 0 Å². The van der Waals surface area contributed by atoms with Gasteiger partial charge in [-0.2, -0.15) is 0 Å². The second kappa shape index (κ2) is 13.3. The zero-order valence-corrected chi connectivity index (χ0v) is 22.5. The van der Waals surface area contributed by atoms with Gasteiger partial charge in [0.25, 0.3) is 0 Å². The standard InChI is InChI=1S/C30H34BrN3O2/c1-2-3-4-5-6-7-11-18-28(35)36-26-17-13-12-16-25(26)29-30(32-21-23-14-9-8-10-15-23)34-22-24(31)19-20-27(34)33-29/h8-10,12-17,19-20,22,32H,2-7,11,18,21H2,1H3. The molecule has 0 amide bonds. The lowest BCUT2D eigenvalue weighted by Crippen LogP contribution is -2.09. The Morgan fingerprint density at radius 2 is 1.64 bits per heavy atom. The van der Waals surface area contributed by atoms with Gasteiger partial charge in [-0.25, -0.2) is 4.98 Å². The Hall–Kier alpha value is -3.12. The summed E-state index contributed by atoms with van der Waals surface area (Å²) in [7, 11) is 0. The Kier molecular flexibility index (Phi) is 9.56. The van der Waals surface area contributed by atoms with Crippen molar-refractivity contribution in [2.45, 2.75) is 64.8 Å². The number of hydrogen-bond donors (Lipinski definition) is 1. The van der Waals surface area contributed by atoms with E-state index in [0.717, 1.165) is 40.0 Å². The van der Waals surface area contributed by atoms with Gasteiger partial charge in [0.1, 0.15) is 22.9 Å². The minimum absolute atomic E-state index is 0.193. The molecule has 1 N–H and O–H groups in total. The summed E-state index contributed by atoms with van der Waals surface area (Å²) < 4.78 is 8.84. The molecule has 0 unspecified atom stereocenters. The molecular formula is C30H34BrN3O2. The van der Waals surface area contributed by atoms with Gasteiger partial charge >= 0.3 is 5.97 Å². The molecule has 0 radical (unpaired) electrons. The van der Waals surface area contributed by atoms with Gasteiger partial charge in [0.05, 0.1) is 0 Å². The summed E-state index contributed by atoms with van der Waals surface area (Å²) in [6, 6.07) is 21.8. The van der Waals surface area contributed by atoms with Gasteiger partial charge in [-0.3, -0.25) is 9.20 Å². The monoisotopic (exact) mass is 547 g/mol. The Labute approximate surface area is 222 Å². The predicted molar refractivity (Wildman–Crippen MR) is 150 cm³/mol. The van der Waals surface area contributed by atoms with Crippen LogP contribution in [-0.4, -0.2) is 15.4 Å². The van der Waals surface area contributed by atoms with Crippen molar-refractivity contribution in [2.24, 2.45) is 0 Å². The van der Waals surface area contributed by atoms with Crippen molar-refractivity contribution in [3.05, 3.63) is 83.0 Å². The van der Waals surface area contributed by atoms with Crippen molar-refractivity contribution in [1.29, 1.82) is 0 Å². The second-order valence-corrected chi connectivity index (χ2v) is 9.98. The third kappa shape index (κ3) is 6.97. The number of esters is 1. The van der Waals surface area contributed by atoms with Gasteiger partial charge in [0, 0.05) is 29.2 Å². The highest BCUT2D eigenvalue weighted by Crippen LogP contribution is 2.36. The van der Waals surface area contributed by atoms with Crippen LogP contribution >= 0.6 is 15.9 Å². The lowest BCUT2D eigenvalue weighted by Gasteiger charge is -2.12. The Balaban J connectivity index is 1.52. The van der Waals surface area contributed by atoms with Gasteiger partial charge in [0.15, 0.2) is 0 Å². The number of carbonyl (C=O) groups is 1. The minimum atomic E-state index is -0.193. The fourth-order valence-corrected chi connectivity index (χ4v) is 4.65. The van der Waals surface area contributed by atoms with E-state index in [1.54, 1.807) is 0 Å². The highest BCUT2D eigenvalue weighted by molar-refractivity contribution is 9.10. The first kappa shape index (κ1) is 26.0. The number of benzene rings is 2. The second-order valence-electron chi connectivity index (χ2n) is 9.07. The van der Waals surface area contributed by atoms with Gasteiger partial charge in [-0.1, -0.05) is 87.9 Å². The number of halogens is 1. The largest absolute Gasteiger partial charge is 0.426 e. The van der Waals surface area contributed by atoms with E-state index in [1.807, 2.05) is 65.2 Å². The van der Waals surface area contributed by atoms with Crippen LogP contribution < -0.4 is 10.1 Å². The summed E-state index contributed by atoms with van der Waals surface area (Å²) in [5.74, 6) is 1.20. The molecule has 4 rings (SSSR count). The van der Waals surface area contributed by atoms with Gasteiger partial charge in [-0.05, 0) is 52.2 Å². The number of fused-ring (bicyclic) bond motifs is 1. The number of carbonyl (C=O) groups excluding carboxylic acids is 1. The number of ether oxygens (including phenoxy) is 1. The molecule has 0 aliphatic heterocycles. The summed E-state index contributed by atoms with van der Waals surface area (Å²) in [5, 5.41) is 3.56. The number of rotatable bonds is 13. The topological polar surface area (TPSA) is 55.6 Å². The summed E-state index contributed by atoms with van der Waals surface area (Å²) in [6.07, 6.45) is 10.6. The highest BCUT2D eigenvalue weighted by atomic mass is 79.9. The molecule has 188 valence electrons. The maximum atomic E-state index is 12.7. The number of nitrogens with zero attached hydrogens (tertiary/aromatic N) is 2. The molecule has 6 heteroatoms. The number of pyridine rings is 1. The molecule has 2 aromatic heterocycles. The van der Waals surface area contributed by atoms with Crippen LogP contribution in [0.15, 0.2) is 77.4 Å². The van der Waals surface area contributed by atoms with Crippen LogP contribution in [-0.2, 0) is 11.3 Å². The molecular weight excluding hydrogens is 514 g/mol. The third-order valence-electron chi connectivity index (χ3n) is 6.24. The van der Waals surface area contributed by atoms with Crippen molar-refractivity contribution < 1.29 is 9.53 Å². The quantitative estimate of drug-likeness (QED) is 0.104. The molecule has 2 aromatic carbocycles. The Morgan fingerprint density at radius 3 is 2.44 bits per heavy atom. The zero-order chi connectivity index (χ0) is 25.2. The van der Waals surface area contributed by atoms with E-state index >= 15 is 0 Å². The fraction of sp³-hybridized carbons (Fsp3) is 0.333. The molecule has 0 atom stereocenters. The van der Waals surface area contributed by atoms with E-state index in [4.69, 9.17) is 9.72 Å². The van der Waals surface area contributed by atoms with Crippen molar-refractivity contribution in [3.63, 3.8) is 0 Å². The number of para-hydroxylation sites is 1. The number of nitrogens with one attached hydrogen (secondary N) is 1. The molecule has 0 bridgehead atoms. The molecule has 2 heterocycles. The van der Waals surface area contributed by atoms with Crippen molar-refractivity contribution in [1.82, 2.24) is 9.38 Å². The maximum absolute atomic E-state index is 12.7. The molecule has 0 aliphatic carbocycles. The fourth-order valence-electron chi connectivity index (χ4n) is 4.31. The lowest BCUT2D eigenvalue weighted by molar-refractivity contribution is -0.134. The van der Waals surface area contributed by atoms with E-state index in [2.05, 4.69) is 40.3 Å². The zero-order valence-electron chi connectivity index (χ0n) is 20.9. The van der Waals surface area contributed by atoms with Crippen LogP contribution in [0, 0.1) is 0 Å². The van der Waals surface area contributed by atoms with E-state index in [9.17, 15) is 4.79 Å². The SMILES string of the molecule is CCCCCCCCCC(=O)Oc1ccccc1-c1nc2ccc(Br)cn2c1NCc1ccccc1. The predicted octanol–water partition coefficient (Wildman–Crippen LogP) is 8.42. The van der Waals surface area contributed by atoms with Gasteiger partial charge < -0.3 is 10.1 Å². The maximum Gasteiger partial charge on any atom is 0.311 e. The van der Waals surface area contributed by atoms with Gasteiger partial charge in [0.2, 0.25) is 0 Å². The molecule has 0 fully saturated rings. The number of unbranched alkanes of at least 4 members (excludes halogenated alkanes) is 6. The van der Waals surface area contributed by atoms with Gasteiger partial charge in [-0.15, -0.1) is 0 Å². The minimum Gasteiger partial charge on any atom is -0.426 e. The van der Waals surface area contributed by atoms with E-state index in [0.29, 0.717) is 18.7 Å². The first-order valence-corrected chi connectivity index (χ1v) is 13.7. The Morgan fingerprint density at radius 1 is 0.917 bits per heavy atom. The van der Waals surface area contributed by atoms with E-state index in [-0.39, 0.29) is 5.97 Å². The van der Waals surface area contributed by atoms with E-state index < -0.39 is 0 Å². The number of hydrogen-bond acceptors (Lipinski definition) is 4. The summed E-state index contributed by atoms with van der Waals surface area (Å²) >= 11 is 3.58. The molecule has 0 saturated carbocycles. The molecule has 4 aromatic rings. The molecule has 0 aliphatic rings. The first-order valence-electron chi connectivity index (χ1n) is 12.9. The molecule has 0 saturated heterocycles. The summed E-state index contributed by atoms with van der Waals surface area (Å²) in [4.78, 5) is 17.6. The number of imidazole rings is 1. The van der Waals surface area contributed by atoms with Crippen LogP contribution in [0.5, 0.6) is 5.75 Å². The molecule has 36 heavy (non-hydrogen) atoms. The normalized spacial score (nSPS) is 11.1. The highest BCUT2D eigenvalue weighted by Gasteiger charge is 2.19. The Bertz CT molecular complexity index is 1270. The lowest BCUT2D eigenvalue weighted by atomic mass is 10.1. The molecule has 0 spiro atoms. The molecule has 5 nitrogen and oxygen atoms in total. The first-order chi connectivity index (χ1) is 17.7. The number of anilines is 1. The third-order valence-corrected chi connectivity index (χ3v) is 6.70.